The lowest BCUT2D eigenvalue weighted by molar-refractivity contribution is -0.140. The molecule has 1 unspecified atom stereocenters. The second kappa shape index (κ2) is 15.9. The molecule has 0 aliphatic rings. The Bertz CT molecular complexity index is 1680. The highest BCUT2D eigenvalue weighted by atomic mass is 79.9. The van der Waals surface area contributed by atoms with Crippen LogP contribution in [0, 0.1) is 13.8 Å². The van der Waals surface area contributed by atoms with Crippen LogP contribution in [-0.4, -0.2) is 44.3 Å². The molecular weight excluding hydrogens is 650 g/mol. The van der Waals surface area contributed by atoms with Crippen molar-refractivity contribution in [2.75, 3.05) is 17.4 Å². The lowest BCUT2D eigenvalue weighted by Gasteiger charge is -2.34. The Kier molecular flexibility index (Phi) is 12.0. The van der Waals surface area contributed by atoms with Crippen LogP contribution in [0.5, 0.6) is 0 Å². The topological polar surface area (TPSA) is 86.8 Å². The fourth-order valence-electron chi connectivity index (χ4n) is 4.98. The number of aryl methyl sites for hydroxylation is 2. The number of rotatable bonds is 14. The molecule has 1 atom stereocenters. The number of nitrogens with zero attached hydrogens (tertiary/aromatic N) is 2. The van der Waals surface area contributed by atoms with Gasteiger partial charge in [-0.05, 0) is 78.9 Å². The quantitative estimate of drug-likeness (QED) is 0.147. The Balaban J connectivity index is 1.79. The number of unbranched alkanes of at least 4 members (excludes halogenated alkanes) is 1. The standard InChI is InChI=1S/C36H40BrN3O4S/c1-4-5-22-38-36(42)34(24-29-12-8-6-9-13-29)39(25-30-17-19-31(37)20-18-30)35(41)26-40(32-21-16-27(2)28(3)23-32)45(43,44)33-14-10-7-11-15-33/h6-21,23,34H,4-5,22,24-26H2,1-3H3,(H,38,42). The first kappa shape index (κ1) is 33.9. The number of sulfonamides is 1. The summed E-state index contributed by atoms with van der Waals surface area (Å²) in [5.41, 5.74) is 3.99. The van der Waals surface area contributed by atoms with E-state index >= 15 is 0 Å². The molecule has 7 nitrogen and oxygen atoms in total. The van der Waals surface area contributed by atoms with E-state index in [-0.39, 0.29) is 23.8 Å². The summed E-state index contributed by atoms with van der Waals surface area (Å²) >= 11 is 3.47. The molecule has 0 aliphatic heterocycles. The van der Waals surface area contributed by atoms with Gasteiger partial charge in [0.2, 0.25) is 11.8 Å². The molecule has 0 bridgehead atoms. The predicted molar refractivity (Wildman–Crippen MR) is 183 cm³/mol. The highest BCUT2D eigenvalue weighted by Gasteiger charge is 2.34. The van der Waals surface area contributed by atoms with Crippen LogP contribution in [0.2, 0.25) is 0 Å². The van der Waals surface area contributed by atoms with Gasteiger partial charge in [0.25, 0.3) is 10.0 Å². The SMILES string of the molecule is CCCCNC(=O)C(Cc1ccccc1)N(Cc1ccc(Br)cc1)C(=O)CN(c1ccc(C)c(C)c1)S(=O)(=O)c1ccccc1. The molecule has 4 rings (SSSR count). The van der Waals surface area contributed by atoms with Crippen LogP contribution >= 0.6 is 15.9 Å². The van der Waals surface area contributed by atoms with Crippen LogP contribution in [0.15, 0.2) is 112 Å². The number of hydrogen-bond acceptors (Lipinski definition) is 4. The number of benzene rings is 4. The van der Waals surface area contributed by atoms with Crippen molar-refractivity contribution >= 4 is 43.5 Å². The van der Waals surface area contributed by atoms with E-state index in [0.717, 1.165) is 43.9 Å². The zero-order valence-corrected chi connectivity index (χ0v) is 28.4. The molecule has 0 spiro atoms. The van der Waals surface area contributed by atoms with Gasteiger partial charge in [-0.25, -0.2) is 8.42 Å². The third-order valence-electron chi connectivity index (χ3n) is 7.76. The van der Waals surface area contributed by atoms with Crippen LogP contribution in [-0.2, 0) is 32.6 Å². The molecule has 4 aromatic rings. The third-order valence-corrected chi connectivity index (χ3v) is 10.1. The fourth-order valence-corrected chi connectivity index (χ4v) is 6.67. The van der Waals surface area contributed by atoms with Crippen LogP contribution in [0.25, 0.3) is 0 Å². The summed E-state index contributed by atoms with van der Waals surface area (Å²) in [6.45, 7) is 6.03. The molecule has 236 valence electrons. The van der Waals surface area contributed by atoms with Crippen molar-refractivity contribution in [3.05, 3.63) is 130 Å². The van der Waals surface area contributed by atoms with Crippen molar-refractivity contribution in [1.29, 1.82) is 0 Å². The molecule has 0 saturated carbocycles. The smallest absolute Gasteiger partial charge is 0.264 e. The number of carbonyl (C=O) groups excluding carboxylic acids is 2. The number of carbonyl (C=O) groups is 2. The fraction of sp³-hybridized carbons (Fsp3) is 0.278. The van der Waals surface area contributed by atoms with Crippen molar-refractivity contribution in [1.82, 2.24) is 10.2 Å². The summed E-state index contributed by atoms with van der Waals surface area (Å²) in [5.74, 6) is -0.761. The first-order valence-electron chi connectivity index (χ1n) is 15.1. The van der Waals surface area contributed by atoms with Gasteiger partial charge in [0.1, 0.15) is 12.6 Å². The van der Waals surface area contributed by atoms with Gasteiger partial charge in [-0.1, -0.05) is 96.0 Å². The number of hydrogen-bond donors (Lipinski definition) is 1. The maximum Gasteiger partial charge on any atom is 0.264 e. The molecule has 2 amide bonds. The van der Waals surface area contributed by atoms with Gasteiger partial charge in [-0.15, -0.1) is 0 Å². The highest BCUT2D eigenvalue weighted by Crippen LogP contribution is 2.27. The van der Waals surface area contributed by atoms with Crippen molar-refractivity contribution in [3.63, 3.8) is 0 Å². The molecule has 0 aromatic heterocycles. The maximum atomic E-state index is 14.5. The predicted octanol–water partition coefficient (Wildman–Crippen LogP) is 6.82. The Labute approximate surface area is 275 Å². The van der Waals surface area contributed by atoms with Gasteiger partial charge in [-0.3, -0.25) is 13.9 Å². The summed E-state index contributed by atoms with van der Waals surface area (Å²) in [4.78, 5) is 29.9. The van der Waals surface area contributed by atoms with Crippen LogP contribution in [0.1, 0.15) is 42.0 Å². The molecule has 0 radical (unpaired) electrons. The van der Waals surface area contributed by atoms with E-state index in [1.807, 2.05) is 81.4 Å². The Hall–Kier alpha value is -3.95. The van der Waals surface area contributed by atoms with E-state index < -0.39 is 28.5 Å². The van der Waals surface area contributed by atoms with E-state index in [2.05, 4.69) is 21.2 Å². The summed E-state index contributed by atoms with van der Waals surface area (Å²) in [5, 5.41) is 3.02. The number of anilines is 1. The maximum absolute atomic E-state index is 14.5. The van der Waals surface area contributed by atoms with Gasteiger partial charge in [-0.2, -0.15) is 0 Å². The molecule has 0 saturated heterocycles. The van der Waals surface area contributed by atoms with E-state index in [1.54, 1.807) is 30.3 Å². The van der Waals surface area contributed by atoms with Gasteiger partial charge in [0.05, 0.1) is 10.6 Å². The minimum absolute atomic E-state index is 0.0774. The molecule has 4 aromatic carbocycles. The van der Waals surface area contributed by atoms with E-state index in [4.69, 9.17) is 0 Å². The van der Waals surface area contributed by atoms with E-state index in [0.29, 0.717) is 12.2 Å². The lowest BCUT2D eigenvalue weighted by Crippen LogP contribution is -2.53. The Morgan fingerprint density at radius 3 is 2.09 bits per heavy atom. The molecule has 1 N–H and O–H groups in total. The zero-order valence-electron chi connectivity index (χ0n) is 25.9. The number of nitrogens with one attached hydrogen (secondary N) is 1. The molecular formula is C36H40BrN3O4S. The average Bonchev–Trinajstić information content (AvgIpc) is 3.04. The molecule has 0 fully saturated rings. The van der Waals surface area contributed by atoms with Crippen LogP contribution in [0.3, 0.4) is 0 Å². The minimum Gasteiger partial charge on any atom is -0.354 e. The van der Waals surface area contributed by atoms with Gasteiger partial charge in [0.15, 0.2) is 0 Å². The summed E-state index contributed by atoms with van der Waals surface area (Å²) in [6.07, 6.45) is 1.99. The van der Waals surface area contributed by atoms with Crippen molar-refractivity contribution < 1.29 is 18.0 Å². The normalized spacial score (nSPS) is 11.9. The van der Waals surface area contributed by atoms with Gasteiger partial charge >= 0.3 is 0 Å². The first-order valence-corrected chi connectivity index (χ1v) is 17.3. The minimum atomic E-state index is -4.13. The van der Waals surface area contributed by atoms with Crippen LogP contribution in [0.4, 0.5) is 5.69 Å². The van der Waals surface area contributed by atoms with Crippen molar-refractivity contribution in [2.24, 2.45) is 0 Å². The van der Waals surface area contributed by atoms with Gasteiger partial charge in [0, 0.05) is 24.0 Å². The van der Waals surface area contributed by atoms with Crippen LogP contribution < -0.4 is 9.62 Å². The second-order valence-corrected chi connectivity index (χ2v) is 13.9. The molecule has 9 heteroatoms. The summed E-state index contributed by atoms with van der Waals surface area (Å²) in [6, 6.07) is 29.7. The highest BCUT2D eigenvalue weighted by molar-refractivity contribution is 9.10. The molecule has 45 heavy (non-hydrogen) atoms. The monoisotopic (exact) mass is 689 g/mol. The number of halogens is 1. The third kappa shape index (κ3) is 9.05. The van der Waals surface area contributed by atoms with Crippen molar-refractivity contribution in [3.8, 4) is 0 Å². The number of amides is 2. The summed E-state index contributed by atoms with van der Waals surface area (Å²) in [7, 11) is -4.13. The second-order valence-electron chi connectivity index (χ2n) is 11.1. The summed E-state index contributed by atoms with van der Waals surface area (Å²) < 4.78 is 30.3. The Morgan fingerprint density at radius 2 is 1.47 bits per heavy atom. The molecule has 0 heterocycles. The van der Waals surface area contributed by atoms with E-state index in [9.17, 15) is 18.0 Å². The zero-order chi connectivity index (χ0) is 32.4. The van der Waals surface area contributed by atoms with E-state index in [1.165, 1.54) is 17.0 Å². The molecule has 0 aliphatic carbocycles. The first-order chi connectivity index (χ1) is 21.6. The largest absolute Gasteiger partial charge is 0.354 e. The average molecular weight is 691 g/mol. The lowest BCUT2D eigenvalue weighted by atomic mass is 10.0. The van der Waals surface area contributed by atoms with Crippen molar-refractivity contribution in [2.45, 2.75) is 57.5 Å². The van der Waals surface area contributed by atoms with Gasteiger partial charge < -0.3 is 10.2 Å². The Morgan fingerprint density at radius 1 is 0.822 bits per heavy atom.